The van der Waals surface area contributed by atoms with Gasteiger partial charge in [0.25, 0.3) is 0 Å². The summed E-state index contributed by atoms with van der Waals surface area (Å²) in [5, 5.41) is 11.4. The van der Waals surface area contributed by atoms with Gasteiger partial charge in [-0.05, 0) is 43.5 Å². The Morgan fingerprint density at radius 3 is 2.65 bits per heavy atom. The van der Waals surface area contributed by atoms with Gasteiger partial charge >= 0.3 is 5.97 Å². The minimum Gasteiger partial charge on any atom is -0.481 e. The molecular weight excluding hydrogens is 296 g/mol. The maximum Gasteiger partial charge on any atom is 0.308 e. The van der Waals surface area contributed by atoms with Crippen LogP contribution in [0.3, 0.4) is 0 Å². The Kier molecular flexibility index (Phi) is 5.03. The molecule has 6 nitrogen and oxygen atoms in total. The Morgan fingerprint density at radius 1 is 1.35 bits per heavy atom. The number of anilines is 1. The van der Waals surface area contributed by atoms with Crippen LogP contribution in [0.2, 0.25) is 0 Å². The third kappa shape index (κ3) is 3.70. The van der Waals surface area contributed by atoms with Crippen molar-refractivity contribution >= 4 is 23.5 Å². The standard InChI is InChI=1S/C17H22N2O4/c1-10-4-5-13(8-11(10)2)19-7-6-14(16(19)21)15(20)18-9-12(3)17(22)23/h4-5,8,12,14H,6-7,9H2,1-3H3,(H,18,20)(H,22,23)/t12-,14-/m1/s1. The van der Waals surface area contributed by atoms with Gasteiger partial charge in [0.05, 0.1) is 5.92 Å². The summed E-state index contributed by atoms with van der Waals surface area (Å²) >= 11 is 0. The summed E-state index contributed by atoms with van der Waals surface area (Å²) in [6.07, 6.45) is 0.443. The number of rotatable bonds is 5. The van der Waals surface area contributed by atoms with Gasteiger partial charge in [0, 0.05) is 18.8 Å². The lowest BCUT2D eigenvalue weighted by molar-refractivity contribution is -0.141. The summed E-state index contributed by atoms with van der Waals surface area (Å²) in [6.45, 7) is 6.03. The lowest BCUT2D eigenvalue weighted by atomic mass is 10.1. The van der Waals surface area contributed by atoms with Gasteiger partial charge in [-0.1, -0.05) is 13.0 Å². The van der Waals surface area contributed by atoms with Crippen LogP contribution in [0.1, 0.15) is 24.5 Å². The van der Waals surface area contributed by atoms with E-state index in [9.17, 15) is 14.4 Å². The van der Waals surface area contributed by atoms with Gasteiger partial charge in [-0.2, -0.15) is 0 Å². The van der Waals surface area contributed by atoms with E-state index in [-0.39, 0.29) is 12.5 Å². The molecule has 1 saturated heterocycles. The highest BCUT2D eigenvalue weighted by Crippen LogP contribution is 2.27. The van der Waals surface area contributed by atoms with Gasteiger partial charge in [0.2, 0.25) is 11.8 Å². The Bertz CT molecular complexity index is 641. The summed E-state index contributed by atoms with van der Waals surface area (Å²) in [5.41, 5.74) is 3.04. The number of nitrogens with zero attached hydrogens (tertiary/aromatic N) is 1. The molecule has 1 fully saturated rings. The van der Waals surface area contributed by atoms with E-state index >= 15 is 0 Å². The normalized spacial score (nSPS) is 18.8. The molecular formula is C17H22N2O4. The molecule has 0 aliphatic carbocycles. The summed E-state index contributed by atoms with van der Waals surface area (Å²) in [4.78, 5) is 37.0. The molecule has 23 heavy (non-hydrogen) atoms. The highest BCUT2D eigenvalue weighted by atomic mass is 16.4. The highest BCUT2D eigenvalue weighted by molar-refractivity contribution is 6.09. The zero-order chi connectivity index (χ0) is 17.1. The zero-order valence-corrected chi connectivity index (χ0v) is 13.6. The van der Waals surface area contributed by atoms with E-state index in [4.69, 9.17) is 5.11 Å². The van der Waals surface area contributed by atoms with Gasteiger partial charge in [-0.15, -0.1) is 0 Å². The van der Waals surface area contributed by atoms with Gasteiger partial charge < -0.3 is 15.3 Å². The molecule has 1 heterocycles. The molecule has 1 aromatic rings. The number of amides is 2. The van der Waals surface area contributed by atoms with Crippen molar-refractivity contribution < 1.29 is 19.5 Å². The predicted octanol–water partition coefficient (Wildman–Crippen LogP) is 1.49. The predicted molar refractivity (Wildman–Crippen MR) is 86.2 cm³/mol. The summed E-state index contributed by atoms with van der Waals surface area (Å²) in [5.74, 6) is -3.01. The van der Waals surface area contributed by atoms with Gasteiger partial charge in [-0.25, -0.2) is 0 Å². The van der Waals surface area contributed by atoms with Crippen LogP contribution >= 0.6 is 0 Å². The molecule has 0 unspecified atom stereocenters. The summed E-state index contributed by atoms with van der Waals surface area (Å²) in [7, 11) is 0. The molecule has 2 N–H and O–H groups in total. The highest BCUT2D eigenvalue weighted by Gasteiger charge is 2.37. The van der Waals surface area contributed by atoms with E-state index in [0.29, 0.717) is 13.0 Å². The second kappa shape index (κ2) is 6.81. The first-order valence-corrected chi connectivity index (χ1v) is 7.70. The third-order valence-corrected chi connectivity index (χ3v) is 4.33. The van der Waals surface area contributed by atoms with Gasteiger partial charge in [0.1, 0.15) is 5.92 Å². The SMILES string of the molecule is Cc1ccc(N2CC[C@H](C(=O)NC[C@@H](C)C(=O)O)C2=O)cc1C. The molecule has 1 aliphatic heterocycles. The largest absolute Gasteiger partial charge is 0.481 e. The molecule has 2 amide bonds. The minimum atomic E-state index is -0.972. The van der Waals surface area contributed by atoms with Crippen molar-refractivity contribution in [1.82, 2.24) is 5.32 Å². The van der Waals surface area contributed by atoms with Crippen LogP contribution in [0.5, 0.6) is 0 Å². The number of carboxylic acid groups (broad SMARTS) is 1. The van der Waals surface area contributed by atoms with Crippen molar-refractivity contribution in [3.05, 3.63) is 29.3 Å². The molecule has 0 radical (unpaired) electrons. The molecule has 1 aliphatic rings. The number of hydrogen-bond donors (Lipinski definition) is 2. The molecule has 0 bridgehead atoms. The summed E-state index contributed by atoms with van der Waals surface area (Å²) < 4.78 is 0. The summed E-state index contributed by atoms with van der Waals surface area (Å²) in [6, 6.07) is 5.78. The molecule has 1 aromatic carbocycles. The molecule has 6 heteroatoms. The maximum absolute atomic E-state index is 12.5. The number of carboxylic acids is 1. The van der Waals surface area contributed by atoms with Crippen LogP contribution in [0, 0.1) is 25.7 Å². The Balaban J connectivity index is 2.02. The van der Waals surface area contributed by atoms with Crippen LogP contribution in [0.4, 0.5) is 5.69 Å². The van der Waals surface area contributed by atoms with Crippen molar-refractivity contribution in [1.29, 1.82) is 0 Å². The van der Waals surface area contributed by atoms with E-state index in [1.807, 2.05) is 32.0 Å². The fourth-order valence-corrected chi connectivity index (χ4v) is 2.54. The first-order valence-electron chi connectivity index (χ1n) is 7.70. The molecule has 124 valence electrons. The maximum atomic E-state index is 12.5. The Morgan fingerprint density at radius 2 is 2.04 bits per heavy atom. The van der Waals surface area contributed by atoms with Crippen molar-refractivity contribution in [3.63, 3.8) is 0 Å². The fraction of sp³-hybridized carbons (Fsp3) is 0.471. The Labute approximate surface area is 135 Å². The van der Waals surface area contributed by atoms with Crippen molar-refractivity contribution in [2.45, 2.75) is 27.2 Å². The second-order valence-corrected chi connectivity index (χ2v) is 6.08. The van der Waals surface area contributed by atoms with Crippen LogP contribution < -0.4 is 10.2 Å². The molecule has 0 spiro atoms. The molecule has 2 rings (SSSR count). The number of nitrogens with one attached hydrogen (secondary N) is 1. The first kappa shape index (κ1) is 17.0. The van der Waals surface area contributed by atoms with Crippen LogP contribution in [-0.2, 0) is 14.4 Å². The van der Waals surface area contributed by atoms with Crippen molar-refractivity contribution in [2.24, 2.45) is 11.8 Å². The van der Waals surface area contributed by atoms with Gasteiger partial charge in [-0.3, -0.25) is 14.4 Å². The smallest absolute Gasteiger partial charge is 0.308 e. The number of carbonyl (C=O) groups excluding carboxylic acids is 2. The molecule has 2 atom stereocenters. The average molecular weight is 318 g/mol. The Hall–Kier alpha value is -2.37. The van der Waals surface area contributed by atoms with Crippen molar-refractivity contribution in [3.8, 4) is 0 Å². The zero-order valence-electron chi connectivity index (χ0n) is 13.6. The minimum absolute atomic E-state index is 0.0294. The lowest BCUT2D eigenvalue weighted by Gasteiger charge is -2.18. The van der Waals surface area contributed by atoms with E-state index in [1.54, 1.807) is 4.90 Å². The third-order valence-electron chi connectivity index (χ3n) is 4.33. The van der Waals surface area contributed by atoms with E-state index < -0.39 is 23.7 Å². The van der Waals surface area contributed by atoms with Crippen LogP contribution in [0.15, 0.2) is 18.2 Å². The second-order valence-electron chi connectivity index (χ2n) is 6.08. The number of hydrogen-bond acceptors (Lipinski definition) is 3. The monoisotopic (exact) mass is 318 g/mol. The lowest BCUT2D eigenvalue weighted by Crippen LogP contribution is -2.39. The van der Waals surface area contributed by atoms with Gasteiger partial charge in [0.15, 0.2) is 0 Å². The molecule has 0 aromatic heterocycles. The number of aliphatic carboxylic acids is 1. The first-order chi connectivity index (χ1) is 10.8. The number of benzene rings is 1. The number of carbonyl (C=O) groups is 3. The average Bonchev–Trinajstić information content (AvgIpc) is 2.89. The molecule has 0 saturated carbocycles. The van der Waals surface area contributed by atoms with Crippen molar-refractivity contribution in [2.75, 3.05) is 18.0 Å². The topological polar surface area (TPSA) is 86.7 Å². The van der Waals surface area contributed by atoms with Crippen LogP contribution in [-0.4, -0.2) is 36.0 Å². The fourth-order valence-electron chi connectivity index (χ4n) is 2.54. The van der Waals surface area contributed by atoms with Crippen LogP contribution in [0.25, 0.3) is 0 Å². The quantitative estimate of drug-likeness (QED) is 0.805. The van der Waals surface area contributed by atoms with E-state index in [2.05, 4.69) is 5.32 Å². The van der Waals surface area contributed by atoms with E-state index in [1.165, 1.54) is 6.92 Å². The van der Waals surface area contributed by atoms with E-state index in [0.717, 1.165) is 16.8 Å². The number of aryl methyl sites for hydroxylation is 2.